The summed E-state index contributed by atoms with van der Waals surface area (Å²) in [5.74, 6) is -1.19. The van der Waals surface area contributed by atoms with Crippen LogP contribution in [-0.2, 0) is 19.5 Å². The molecule has 0 saturated carbocycles. The van der Waals surface area contributed by atoms with Crippen molar-refractivity contribution in [3.63, 3.8) is 0 Å². The van der Waals surface area contributed by atoms with Gasteiger partial charge in [0.15, 0.2) is 0 Å². The third-order valence-electron chi connectivity index (χ3n) is 2.85. The van der Waals surface area contributed by atoms with Crippen LogP contribution >= 0.6 is 15.9 Å². The Labute approximate surface area is 130 Å². The lowest BCUT2D eigenvalue weighted by Crippen LogP contribution is -2.39. The number of benzene rings is 1. The van der Waals surface area contributed by atoms with Crippen LogP contribution in [0.2, 0.25) is 0 Å². The van der Waals surface area contributed by atoms with Gasteiger partial charge in [-0.15, -0.1) is 0 Å². The van der Waals surface area contributed by atoms with Crippen molar-refractivity contribution in [3.05, 3.63) is 28.2 Å². The molecule has 1 heterocycles. The van der Waals surface area contributed by atoms with Crippen molar-refractivity contribution < 1.29 is 27.8 Å². The van der Waals surface area contributed by atoms with E-state index in [1.54, 1.807) is 0 Å². The lowest BCUT2D eigenvalue weighted by molar-refractivity contribution is -0.0846. The number of carboxylic acids is 1. The van der Waals surface area contributed by atoms with Crippen LogP contribution in [0.25, 0.3) is 0 Å². The van der Waals surface area contributed by atoms with E-state index in [2.05, 4.69) is 20.7 Å². The zero-order valence-corrected chi connectivity index (χ0v) is 13.3. The van der Waals surface area contributed by atoms with E-state index >= 15 is 0 Å². The summed E-state index contributed by atoms with van der Waals surface area (Å²) in [6.07, 6.45) is -0.352. The summed E-state index contributed by atoms with van der Waals surface area (Å²) in [5, 5.41) is 8.93. The van der Waals surface area contributed by atoms with Gasteiger partial charge in [-0.05, 0) is 34.1 Å². The first-order chi connectivity index (χ1) is 9.90. The summed E-state index contributed by atoms with van der Waals surface area (Å²) in [7, 11) is -3.84. The molecular formula is C12H14BrNO6S. The monoisotopic (exact) mass is 379 g/mol. The highest BCUT2D eigenvalue weighted by molar-refractivity contribution is 9.10. The number of aromatic carboxylic acids is 1. The molecule has 0 amide bonds. The molecule has 0 spiro atoms. The summed E-state index contributed by atoms with van der Waals surface area (Å²) in [6.45, 7) is 1.30. The molecule has 1 saturated heterocycles. The molecule has 1 aliphatic heterocycles. The second-order valence-electron chi connectivity index (χ2n) is 4.37. The number of hydrogen-bond acceptors (Lipinski definition) is 5. The van der Waals surface area contributed by atoms with Gasteiger partial charge in [0.2, 0.25) is 10.0 Å². The van der Waals surface area contributed by atoms with E-state index in [0.717, 1.165) is 6.07 Å². The number of halogens is 1. The van der Waals surface area contributed by atoms with Crippen LogP contribution in [0.5, 0.6) is 0 Å². The van der Waals surface area contributed by atoms with Gasteiger partial charge >= 0.3 is 5.97 Å². The zero-order chi connectivity index (χ0) is 15.5. The molecule has 1 aromatic carbocycles. The molecule has 116 valence electrons. The maximum Gasteiger partial charge on any atom is 0.335 e. The molecule has 1 aromatic rings. The first-order valence-electron chi connectivity index (χ1n) is 6.12. The Morgan fingerprint density at radius 1 is 1.43 bits per heavy atom. The number of nitrogens with one attached hydrogen (secondary N) is 1. The molecule has 0 aliphatic carbocycles. The van der Waals surface area contributed by atoms with Crippen LogP contribution in [0.1, 0.15) is 10.4 Å². The molecule has 21 heavy (non-hydrogen) atoms. The van der Waals surface area contributed by atoms with E-state index < -0.39 is 16.0 Å². The predicted molar refractivity (Wildman–Crippen MR) is 76.8 cm³/mol. The normalized spacial score (nSPS) is 19.4. The molecule has 9 heteroatoms. The van der Waals surface area contributed by atoms with Gasteiger partial charge in [-0.25, -0.2) is 17.9 Å². The van der Waals surface area contributed by atoms with Crippen molar-refractivity contribution in [3.8, 4) is 0 Å². The van der Waals surface area contributed by atoms with Crippen molar-refractivity contribution in [1.29, 1.82) is 0 Å². The van der Waals surface area contributed by atoms with Crippen LogP contribution in [-0.4, -0.2) is 52.0 Å². The van der Waals surface area contributed by atoms with E-state index in [4.69, 9.17) is 14.6 Å². The van der Waals surface area contributed by atoms with E-state index in [1.165, 1.54) is 12.1 Å². The summed E-state index contributed by atoms with van der Waals surface area (Å²) < 4.78 is 37.7. The van der Waals surface area contributed by atoms with Crippen LogP contribution in [0.15, 0.2) is 27.6 Å². The van der Waals surface area contributed by atoms with Gasteiger partial charge in [0, 0.05) is 11.0 Å². The molecule has 7 nitrogen and oxygen atoms in total. The Hall–Kier alpha value is -1.00. The third-order valence-corrected chi connectivity index (χ3v) is 5.27. The number of hydrogen-bond donors (Lipinski definition) is 2. The Bertz CT molecular complexity index is 627. The number of rotatable bonds is 5. The van der Waals surface area contributed by atoms with Crippen molar-refractivity contribution in [2.75, 3.05) is 26.4 Å². The highest BCUT2D eigenvalue weighted by Gasteiger charge is 2.22. The quantitative estimate of drug-likeness (QED) is 0.785. The minimum Gasteiger partial charge on any atom is -0.478 e. The second-order valence-corrected chi connectivity index (χ2v) is 6.96. The Morgan fingerprint density at radius 2 is 2.19 bits per heavy atom. The Balaban J connectivity index is 2.14. The fraction of sp³-hybridized carbons (Fsp3) is 0.417. The van der Waals surface area contributed by atoms with Gasteiger partial charge in [-0.3, -0.25) is 0 Å². The Morgan fingerprint density at radius 3 is 2.81 bits per heavy atom. The zero-order valence-electron chi connectivity index (χ0n) is 10.9. The topological polar surface area (TPSA) is 102 Å². The summed E-state index contributed by atoms with van der Waals surface area (Å²) >= 11 is 3.11. The van der Waals surface area contributed by atoms with E-state index in [-0.39, 0.29) is 23.1 Å². The molecule has 1 aliphatic rings. The van der Waals surface area contributed by atoms with Crippen molar-refractivity contribution in [1.82, 2.24) is 4.72 Å². The molecule has 1 fully saturated rings. The number of sulfonamides is 1. The van der Waals surface area contributed by atoms with E-state index in [1.807, 2.05) is 0 Å². The van der Waals surface area contributed by atoms with Gasteiger partial charge in [-0.1, -0.05) is 0 Å². The Kier molecular flexibility index (Phi) is 5.33. The molecule has 0 radical (unpaired) electrons. The molecule has 1 atom stereocenters. The summed E-state index contributed by atoms with van der Waals surface area (Å²) in [4.78, 5) is 10.8. The minimum absolute atomic E-state index is 0.0616. The van der Waals surface area contributed by atoms with Gasteiger partial charge < -0.3 is 14.6 Å². The number of ether oxygens (including phenoxy) is 2. The fourth-order valence-electron chi connectivity index (χ4n) is 1.78. The van der Waals surface area contributed by atoms with E-state index in [9.17, 15) is 13.2 Å². The average Bonchev–Trinajstić information content (AvgIpc) is 2.46. The second kappa shape index (κ2) is 6.84. The SMILES string of the molecule is O=C(O)c1ccc(Br)c(S(=O)(=O)NCC2COCCO2)c1. The van der Waals surface area contributed by atoms with Gasteiger partial charge in [0.25, 0.3) is 0 Å². The van der Waals surface area contributed by atoms with Crippen molar-refractivity contribution >= 4 is 31.9 Å². The van der Waals surface area contributed by atoms with Crippen LogP contribution in [0, 0.1) is 0 Å². The molecule has 0 bridgehead atoms. The molecular weight excluding hydrogens is 366 g/mol. The van der Waals surface area contributed by atoms with Crippen molar-refractivity contribution in [2.45, 2.75) is 11.0 Å². The number of carboxylic acid groups (broad SMARTS) is 1. The van der Waals surface area contributed by atoms with E-state index in [0.29, 0.717) is 24.3 Å². The first kappa shape index (κ1) is 16.4. The van der Waals surface area contributed by atoms with Crippen LogP contribution in [0.3, 0.4) is 0 Å². The lowest BCUT2D eigenvalue weighted by atomic mass is 10.2. The van der Waals surface area contributed by atoms with Gasteiger partial charge in [0.05, 0.1) is 36.4 Å². The lowest BCUT2D eigenvalue weighted by Gasteiger charge is -2.23. The molecule has 0 aromatic heterocycles. The van der Waals surface area contributed by atoms with Crippen LogP contribution in [0.4, 0.5) is 0 Å². The smallest absolute Gasteiger partial charge is 0.335 e. The standard InChI is InChI=1S/C12H14BrNO6S/c13-10-2-1-8(12(15)16)5-11(10)21(17,18)14-6-9-7-19-3-4-20-9/h1-2,5,9,14H,3-4,6-7H2,(H,15,16). The predicted octanol–water partition coefficient (Wildman–Crippen LogP) is 0.841. The average molecular weight is 380 g/mol. The molecule has 1 unspecified atom stereocenters. The largest absolute Gasteiger partial charge is 0.478 e. The highest BCUT2D eigenvalue weighted by atomic mass is 79.9. The summed E-state index contributed by atoms with van der Waals surface area (Å²) in [5.41, 5.74) is -0.101. The maximum absolute atomic E-state index is 12.2. The first-order valence-corrected chi connectivity index (χ1v) is 8.39. The van der Waals surface area contributed by atoms with Crippen LogP contribution < -0.4 is 4.72 Å². The number of carbonyl (C=O) groups is 1. The molecule has 2 N–H and O–H groups in total. The molecule has 2 rings (SSSR count). The minimum atomic E-state index is -3.84. The third kappa shape index (κ3) is 4.24. The highest BCUT2D eigenvalue weighted by Crippen LogP contribution is 2.23. The van der Waals surface area contributed by atoms with Crippen molar-refractivity contribution in [2.24, 2.45) is 0 Å². The fourth-order valence-corrected chi connectivity index (χ4v) is 3.83. The van der Waals surface area contributed by atoms with Gasteiger partial charge in [-0.2, -0.15) is 0 Å². The summed E-state index contributed by atoms with van der Waals surface area (Å²) in [6, 6.07) is 3.81. The van der Waals surface area contributed by atoms with Gasteiger partial charge in [0.1, 0.15) is 0 Å². The maximum atomic E-state index is 12.2.